The summed E-state index contributed by atoms with van der Waals surface area (Å²) in [5.41, 5.74) is 6.32. The summed E-state index contributed by atoms with van der Waals surface area (Å²) < 4.78 is 6.14. The Labute approximate surface area is 176 Å². The maximum absolute atomic E-state index is 12.6. The zero-order valence-electron chi connectivity index (χ0n) is 14.5. The number of carbonyl (C=O) groups is 2. The number of benzene rings is 2. The van der Waals surface area contributed by atoms with Gasteiger partial charge < -0.3 is 15.4 Å². The van der Waals surface area contributed by atoms with Gasteiger partial charge in [-0.2, -0.15) is 0 Å². The maximum Gasteiger partial charge on any atom is 0.260 e. The number of carbonyl (C=O) groups excluding carboxylic acids is 2. The molecule has 144 valence electrons. The van der Waals surface area contributed by atoms with Gasteiger partial charge in [0.1, 0.15) is 0 Å². The SMILES string of the molecule is NC(=O)CCN(CCc1ccccc1)C(=O)COc1c(Cl)cc(Cl)cc1Br. The van der Waals surface area contributed by atoms with Gasteiger partial charge in [0, 0.05) is 24.5 Å². The molecule has 8 heteroatoms. The highest BCUT2D eigenvalue weighted by atomic mass is 79.9. The van der Waals surface area contributed by atoms with Crippen molar-refractivity contribution in [3.63, 3.8) is 0 Å². The van der Waals surface area contributed by atoms with Gasteiger partial charge in [0.2, 0.25) is 5.91 Å². The Balaban J connectivity index is 2.01. The summed E-state index contributed by atoms with van der Waals surface area (Å²) in [6.07, 6.45) is 0.753. The molecule has 0 saturated heterocycles. The molecule has 0 heterocycles. The lowest BCUT2D eigenvalue weighted by Crippen LogP contribution is -2.38. The molecule has 2 N–H and O–H groups in total. The summed E-state index contributed by atoms with van der Waals surface area (Å²) in [6.45, 7) is 0.475. The van der Waals surface area contributed by atoms with Crippen molar-refractivity contribution in [2.24, 2.45) is 5.73 Å². The molecule has 2 amide bonds. The summed E-state index contributed by atoms with van der Waals surface area (Å²) in [6, 6.07) is 12.9. The van der Waals surface area contributed by atoms with E-state index in [1.807, 2.05) is 30.3 Å². The van der Waals surface area contributed by atoms with E-state index in [2.05, 4.69) is 15.9 Å². The first-order valence-electron chi connectivity index (χ1n) is 8.24. The first-order valence-corrected chi connectivity index (χ1v) is 9.79. The van der Waals surface area contributed by atoms with E-state index in [1.165, 1.54) is 6.07 Å². The normalized spacial score (nSPS) is 10.5. The Morgan fingerprint density at radius 3 is 2.44 bits per heavy atom. The quantitative estimate of drug-likeness (QED) is 0.596. The van der Waals surface area contributed by atoms with Gasteiger partial charge in [0.15, 0.2) is 12.4 Å². The van der Waals surface area contributed by atoms with E-state index in [9.17, 15) is 9.59 Å². The van der Waals surface area contributed by atoms with Crippen LogP contribution in [0.25, 0.3) is 0 Å². The number of nitrogens with two attached hydrogens (primary N) is 1. The van der Waals surface area contributed by atoms with E-state index < -0.39 is 5.91 Å². The van der Waals surface area contributed by atoms with Gasteiger partial charge in [-0.25, -0.2) is 0 Å². The molecule has 2 aromatic rings. The zero-order valence-corrected chi connectivity index (χ0v) is 17.6. The predicted molar refractivity (Wildman–Crippen MR) is 110 cm³/mol. The predicted octanol–water partition coefficient (Wildman–Crippen LogP) is 4.08. The standard InChI is InChI=1S/C19H19BrCl2N2O3/c20-15-10-14(21)11-16(22)19(15)27-12-18(26)24(9-7-17(23)25)8-6-13-4-2-1-3-5-13/h1-5,10-11H,6-9,12H2,(H2,23,25). The van der Waals surface area contributed by atoms with E-state index in [1.54, 1.807) is 11.0 Å². The average Bonchev–Trinajstić information content (AvgIpc) is 2.61. The summed E-state index contributed by atoms with van der Waals surface area (Å²) in [7, 11) is 0. The number of ether oxygens (including phenoxy) is 1. The molecular formula is C19H19BrCl2N2O3. The third-order valence-corrected chi connectivity index (χ3v) is 4.89. The van der Waals surface area contributed by atoms with Crippen molar-refractivity contribution in [3.05, 3.63) is 62.5 Å². The molecule has 2 rings (SSSR count). The smallest absolute Gasteiger partial charge is 0.260 e. The van der Waals surface area contributed by atoms with Crippen molar-refractivity contribution in [2.45, 2.75) is 12.8 Å². The molecule has 27 heavy (non-hydrogen) atoms. The van der Waals surface area contributed by atoms with Crippen LogP contribution in [0.1, 0.15) is 12.0 Å². The number of hydrogen-bond donors (Lipinski definition) is 1. The van der Waals surface area contributed by atoms with Crippen LogP contribution in [0.15, 0.2) is 46.9 Å². The Bertz CT molecular complexity index is 780. The summed E-state index contributed by atoms with van der Waals surface area (Å²) in [4.78, 5) is 25.3. The lowest BCUT2D eigenvalue weighted by Gasteiger charge is -2.22. The van der Waals surface area contributed by atoms with Crippen LogP contribution in [0.5, 0.6) is 5.75 Å². The molecular weight excluding hydrogens is 455 g/mol. The first-order chi connectivity index (χ1) is 12.9. The molecule has 0 spiro atoms. The molecule has 0 saturated carbocycles. The van der Waals surface area contributed by atoms with Crippen LogP contribution in [0.2, 0.25) is 10.0 Å². The van der Waals surface area contributed by atoms with E-state index in [4.69, 9.17) is 33.7 Å². The molecule has 0 aliphatic rings. The molecule has 2 aromatic carbocycles. The topological polar surface area (TPSA) is 72.6 Å². The number of halogens is 3. The Kier molecular flexibility index (Phi) is 8.41. The molecule has 0 bridgehead atoms. The van der Waals surface area contributed by atoms with Crippen LogP contribution in [0.4, 0.5) is 0 Å². The number of nitrogens with zero attached hydrogens (tertiary/aromatic N) is 1. The minimum atomic E-state index is -0.461. The first kappa shape index (κ1) is 21.5. The largest absolute Gasteiger partial charge is 0.481 e. The average molecular weight is 474 g/mol. The number of hydrogen-bond acceptors (Lipinski definition) is 3. The van der Waals surface area contributed by atoms with Gasteiger partial charge >= 0.3 is 0 Å². The zero-order chi connectivity index (χ0) is 19.8. The van der Waals surface area contributed by atoms with E-state index >= 15 is 0 Å². The fourth-order valence-electron chi connectivity index (χ4n) is 2.41. The van der Waals surface area contributed by atoms with Crippen molar-refractivity contribution in [1.82, 2.24) is 4.90 Å². The molecule has 5 nitrogen and oxygen atoms in total. The van der Waals surface area contributed by atoms with Crippen molar-refractivity contribution < 1.29 is 14.3 Å². The monoisotopic (exact) mass is 472 g/mol. The number of rotatable bonds is 9. The second-order valence-corrected chi connectivity index (χ2v) is 7.52. The Morgan fingerprint density at radius 2 is 1.81 bits per heavy atom. The van der Waals surface area contributed by atoms with E-state index in [0.717, 1.165) is 5.56 Å². The van der Waals surface area contributed by atoms with Crippen molar-refractivity contribution in [2.75, 3.05) is 19.7 Å². The third kappa shape index (κ3) is 7.05. The molecule has 0 radical (unpaired) electrons. The molecule has 0 atom stereocenters. The molecule has 0 unspecified atom stereocenters. The molecule has 0 aromatic heterocycles. The van der Waals surface area contributed by atoms with Gasteiger partial charge in [0.25, 0.3) is 5.91 Å². The fourth-order valence-corrected chi connectivity index (χ4v) is 3.78. The van der Waals surface area contributed by atoms with E-state index in [0.29, 0.717) is 33.2 Å². The highest BCUT2D eigenvalue weighted by molar-refractivity contribution is 9.10. The minimum Gasteiger partial charge on any atom is -0.481 e. The lowest BCUT2D eigenvalue weighted by molar-refractivity contribution is -0.133. The van der Waals surface area contributed by atoms with Crippen molar-refractivity contribution in [1.29, 1.82) is 0 Å². The van der Waals surface area contributed by atoms with Gasteiger partial charge in [-0.3, -0.25) is 9.59 Å². The Morgan fingerprint density at radius 1 is 1.11 bits per heavy atom. The lowest BCUT2D eigenvalue weighted by atomic mass is 10.1. The Hall–Kier alpha value is -1.76. The number of primary amides is 1. The van der Waals surface area contributed by atoms with Gasteiger partial charge in [-0.05, 0) is 40.0 Å². The summed E-state index contributed by atoms with van der Waals surface area (Å²) in [5, 5.41) is 0.756. The highest BCUT2D eigenvalue weighted by Gasteiger charge is 2.17. The highest BCUT2D eigenvalue weighted by Crippen LogP contribution is 2.36. The van der Waals surface area contributed by atoms with Gasteiger partial charge in [-0.1, -0.05) is 53.5 Å². The van der Waals surface area contributed by atoms with Crippen LogP contribution in [0.3, 0.4) is 0 Å². The third-order valence-electron chi connectivity index (χ3n) is 3.80. The van der Waals surface area contributed by atoms with Gasteiger partial charge in [-0.15, -0.1) is 0 Å². The minimum absolute atomic E-state index is 0.0892. The van der Waals surface area contributed by atoms with Crippen molar-refractivity contribution in [3.8, 4) is 5.75 Å². The van der Waals surface area contributed by atoms with Gasteiger partial charge in [0.05, 0.1) is 9.50 Å². The maximum atomic E-state index is 12.6. The van der Waals surface area contributed by atoms with E-state index in [-0.39, 0.29) is 25.5 Å². The van der Waals surface area contributed by atoms with Crippen LogP contribution < -0.4 is 10.5 Å². The number of amides is 2. The van der Waals surface area contributed by atoms with Crippen LogP contribution in [0, 0.1) is 0 Å². The second kappa shape index (κ2) is 10.5. The van der Waals surface area contributed by atoms with Crippen LogP contribution in [-0.2, 0) is 16.0 Å². The second-order valence-electron chi connectivity index (χ2n) is 5.82. The summed E-state index contributed by atoms with van der Waals surface area (Å²) in [5.74, 6) is -0.380. The van der Waals surface area contributed by atoms with Crippen LogP contribution >= 0.6 is 39.1 Å². The van der Waals surface area contributed by atoms with Crippen molar-refractivity contribution >= 4 is 50.9 Å². The molecule has 0 aliphatic carbocycles. The van der Waals surface area contributed by atoms with Crippen LogP contribution in [-0.4, -0.2) is 36.4 Å². The summed E-state index contributed by atoms with van der Waals surface area (Å²) >= 11 is 15.3. The fraction of sp³-hybridized carbons (Fsp3) is 0.263. The molecule has 0 aliphatic heterocycles. The molecule has 0 fully saturated rings.